The third-order valence-electron chi connectivity index (χ3n) is 6.89. The number of aliphatic imine (C=N–C) groups is 1. The summed E-state index contributed by atoms with van der Waals surface area (Å²) >= 11 is 0. The SMILES string of the molecule is Cc1cccc(NC(=NC2CCCCN(CC(=O)N3CCCC3C(=O)OCc3ccccc3)C2=O)NC#N)c1. The van der Waals surface area contributed by atoms with Gasteiger partial charge in [-0.2, -0.15) is 5.26 Å². The fourth-order valence-electron chi connectivity index (χ4n) is 4.91. The summed E-state index contributed by atoms with van der Waals surface area (Å²) in [7, 11) is 0. The van der Waals surface area contributed by atoms with E-state index in [0.717, 1.165) is 29.7 Å². The van der Waals surface area contributed by atoms with Crippen LogP contribution in [-0.4, -0.2) is 65.3 Å². The molecule has 0 bridgehead atoms. The Morgan fingerprint density at radius 3 is 2.67 bits per heavy atom. The highest BCUT2D eigenvalue weighted by molar-refractivity contribution is 5.97. The van der Waals surface area contributed by atoms with Crippen LogP contribution >= 0.6 is 0 Å². The zero-order valence-electron chi connectivity index (χ0n) is 22.1. The summed E-state index contributed by atoms with van der Waals surface area (Å²) in [6, 6.07) is 15.6. The molecule has 2 aliphatic heterocycles. The van der Waals surface area contributed by atoms with Gasteiger partial charge in [-0.15, -0.1) is 0 Å². The van der Waals surface area contributed by atoms with E-state index in [1.165, 1.54) is 9.80 Å². The Morgan fingerprint density at radius 1 is 1.08 bits per heavy atom. The normalized spacial score (nSPS) is 19.7. The number of carbonyl (C=O) groups is 3. The van der Waals surface area contributed by atoms with Crippen molar-refractivity contribution < 1.29 is 19.1 Å². The molecule has 2 unspecified atom stereocenters. The minimum Gasteiger partial charge on any atom is -0.459 e. The number of hydrogen-bond donors (Lipinski definition) is 2. The Hall–Kier alpha value is -4.39. The summed E-state index contributed by atoms with van der Waals surface area (Å²) in [6.07, 6.45) is 5.10. The fourth-order valence-corrected chi connectivity index (χ4v) is 4.91. The summed E-state index contributed by atoms with van der Waals surface area (Å²) in [5, 5.41) is 14.8. The first kappa shape index (κ1) is 27.6. The lowest BCUT2D eigenvalue weighted by Gasteiger charge is -2.28. The molecule has 2 aromatic rings. The Balaban J connectivity index is 1.40. The Kier molecular flexibility index (Phi) is 9.51. The smallest absolute Gasteiger partial charge is 0.329 e. The van der Waals surface area contributed by atoms with Crippen LogP contribution in [0.15, 0.2) is 59.6 Å². The molecule has 0 saturated carbocycles. The van der Waals surface area contributed by atoms with Crippen LogP contribution in [0.25, 0.3) is 0 Å². The van der Waals surface area contributed by atoms with E-state index in [1.54, 1.807) is 0 Å². The number of nitrogens with zero attached hydrogens (tertiary/aromatic N) is 4. The van der Waals surface area contributed by atoms with E-state index < -0.39 is 18.1 Å². The molecule has 2 atom stereocenters. The second-order valence-electron chi connectivity index (χ2n) is 9.82. The van der Waals surface area contributed by atoms with Gasteiger partial charge < -0.3 is 19.9 Å². The molecule has 10 heteroatoms. The van der Waals surface area contributed by atoms with Crippen molar-refractivity contribution in [1.82, 2.24) is 15.1 Å². The fraction of sp³-hybridized carbons (Fsp3) is 0.414. The zero-order chi connectivity index (χ0) is 27.6. The van der Waals surface area contributed by atoms with Gasteiger partial charge in [0.1, 0.15) is 18.7 Å². The molecule has 2 aliphatic rings. The van der Waals surface area contributed by atoms with Gasteiger partial charge in [0, 0.05) is 18.8 Å². The minimum atomic E-state index is -0.737. The van der Waals surface area contributed by atoms with Crippen LogP contribution in [0.3, 0.4) is 0 Å². The van der Waals surface area contributed by atoms with Crippen molar-refractivity contribution in [3.63, 3.8) is 0 Å². The summed E-state index contributed by atoms with van der Waals surface area (Å²) in [4.78, 5) is 47.1. The molecule has 204 valence electrons. The lowest BCUT2D eigenvalue weighted by atomic mass is 10.1. The van der Waals surface area contributed by atoms with Crippen molar-refractivity contribution in [1.29, 1.82) is 5.26 Å². The van der Waals surface area contributed by atoms with Gasteiger partial charge in [0.15, 0.2) is 6.19 Å². The largest absolute Gasteiger partial charge is 0.459 e. The van der Waals surface area contributed by atoms with Gasteiger partial charge in [-0.25, -0.2) is 9.79 Å². The average molecular weight is 531 g/mol. The number of anilines is 1. The lowest BCUT2D eigenvalue weighted by molar-refractivity contribution is -0.155. The molecule has 2 heterocycles. The monoisotopic (exact) mass is 530 g/mol. The number of nitriles is 1. The summed E-state index contributed by atoms with van der Waals surface area (Å²) in [6.45, 7) is 2.86. The second-order valence-corrected chi connectivity index (χ2v) is 9.82. The number of rotatable bonds is 7. The topological polar surface area (TPSA) is 127 Å². The number of aryl methyl sites for hydroxylation is 1. The number of nitrogens with one attached hydrogen (secondary N) is 2. The van der Waals surface area contributed by atoms with E-state index in [2.05, 4.69) is 15.6 Å². The molecule has 0 aromatic heterocycles. The number of likely N-dealkylation sites (tertiary alicyclic amines) is 2. The minimum absolute atomic E-state index is 0.125. The van der Waals surface area contributed by atoms with E-state index in [1.807, 2.05) is 67.7 Å². The number of amides is 2. The summed E-state index contributed by atoms with van der Waals surface area (Å²) in [5.41, 5.74) is 2.66. The number of guanidine groups is 1. The molecule has 0 radical (unpaired) electrons. The van der Waals surface area contributed by atoms with Crippen molar-refractivity contribution in [2.24, 2.45) is 4.99 Å². The van der Waals surface area contributed by atoms with Gasteiger partial charge in [-0.1, -0.05) is 42.5 Å². The van der Waals surface area contributed by atoms with E-state index in [4.69, 9.17) is 4.74 Å². The number of carbonyl (C=O) groups excluding carboxylic acids is 3. The van der Waals surface area contributed by atoms with Gasteiger partial charge in [0.05, 0.1) is 6.54 Å². The van der Waals surface area contributed by atoms with Crippen LogP contribution in [0, 0.1) is 18.4 Å². The molecule has 2 saturated heterocycles. The van der Waals surface area contributed by atoms with Crippen molar-refractivity contribution in [3.05, 3.63) is 65.7 Å². The van der Waals surface area contributed by atoms with Crippen LogP contribution in [-0.2, 0) is 25.7 Å². The maximum atomic E-state index is 13.4. The van der Waals surface area contributed by atoms with Crippen molar-refractivity contribution in [3.8, 4) is 6.19 Å². The molecule has 2 fully saturated rings. The van der Waals surface area contributed by atoms with Crippen LogP contribution in [0.2, 0.25) is 0 Å². The number of hydrogen-bond acceptors (Lipinski definition) is 6. The summed E-state index contributed by atoms with van der Waals surface area (Å²) in [5.74, 6) is -0.800. The lowest BCUT2D eigenvalue weighted by Crippen LogP contribution is -2.49. The molecular weight excluding hydrogens is 496 g/mol. The maximum absolute atomic E-state index is 13.4. The highest BCUT2D eigenvalue weighted by atomic mass is 16.5. The maximum Gasteiger partial charge on any atom is 0.329 e. The van der Waals surface area contributed by atoms with Gasteiger partial charge >= 0.3 is 5.97 Å². The van der Waals surface area contributed by atoms with Crippen LogP contribution in [0.1, 0.15) is 43.2 Å². The number of benzene rings is 2. The highest BCUT2D eigenvalue weighted by Crippen LogP contribution is 2.21. The predicted octanol–water partition coefficient (Wildman–Crippen LogP) is 2.95. The van der Waals surface area contributed by atoms with Gasteiger partial charge in [-0.05, 0) is 62.3 Å². The van der Waals surface area contributed by atoms with E-state index in [9.17, 15) is 19.6 Å². The molecule has 39 heavy (non-hydrogen) atoms. The van der Waals surface area contributed by atoms with Crippen LogP contribution in [0.4, 0.5) is 5.69 Å². The zero-order valence-corrected chi connectivity index (χ0v) is 22.1. The van der Waals surface area contributed by atoms with Crippen LogP contribution < -0.4 is 10.6 Å². The molecule has 2 aromatic carbocycles. The molecule has 2 amide bonds. The molecular formula is C29H34N6O4. The Bertz CT molecular complexity index is 1240. The highest BCUT2D eigenvalue weighted by Gasteiger charge is 2.37. The van der Waals surface area contributed by atoms with Crippen molar-refractivity contribution >= 4 is 29.4 Å². The van der Waals surface area contributed by atoms with E-state index in [0.29, 0.717) is 32.4 Å². The first-order chi connectivity index (χ1) is 18.9. The second kappa shape index (κ2) is 13.4. The third-order valence-corrected chi connectivity index (χ3v) is 6.89. The standard InChI is InChI=1S/C29H34N6O4/c1-21-9-7-12-23(17-21)32-29(31-20-30)33-24-13-5-6-15-34(27(24)37)18-26(36)35-16-8-14-25(35)28(38)39-19-22-10-3-2-4-11-22/h2-4,7,9-12,17,24-25H,5-6,8,13-16,18-19H2,1H3,(H2,31,32,33). The Labute approximate surface area is 228 Å². The molecule has 0 aliphatic carbocycles. The van der Waals surface area contributed by atoms with Crippen LogP contribution in [0.5, 0.6) is 0 Å². The molecule has 4 rings (SSSR count). The molecule has 10 nitrogen and oxygen atoms in total. The average Bonchev–Trinajstić information content (AvgIpc) is 3.37. The Morgan fingerprint density at radius 2 is 1.90 bits per heavy atom. The predicted molar refractivity (Wildman–Crippen MR) is 146 cm³/mol. The van der Waals surface area contributed by atoms with E-state index in [-0.39, 0.29) is 30.9 Å². The van der Waals surface area contributed by atoms with Gasteiger partial charge in [-0.3, -0.25) is 14.9 Å². The summed E-state index contributed by atoms with van der Waals surface area (Å²) < 4.78 is 5.49. The quantitative estimate of drug-likeness (QED) is 0.185. The van der Waals surface area contributed by atoms with E-state index >= 15 is 0 Å². The number of esters is 1. The third kappa shape index (κ3) is 7.57. The van der Waals surface area contributed by atoms with Crippen molar-refractivity contribution in [2.45, 2.75) is 57.7 Å². The van der Waals surface area contributed by atoms with Gasteiger partial charge in [0.2, 0.25) is 17.8 Å². The molecule has 2 N–H and O–H groups in total. The molecule has 0 spiro atoms. The van der Waals surface area contributed by atoms with Gasteiger partial charge in [0.25, 0.3) is 0 Å². The first-order valence-corrected chi connectivity index (χ1v) is 13.3. The first-order valence-electron chi connectivity index (χ1n) is 13.3. The number of ether oxygens (including phenoxy) is 1. The van der Waals surface area contributed by atoms with Crippen molar-refractivity contribution in [2.75, 3.05) is 25.0 Å².